The van der Waals surface area contributed by atoms with Crippen molar-refractivity contribution in [2.75, 3.05) is 5.32 Å². The molecule has 0 unspecified atom stereocenters. The number of hydrogen-bond donors (Lipinski definition) is 2. The summed E-state index contributed by atoms with van der Waals surface area (Å²) in [6, 6.07) is 0. The maximum absolute atomic E-state index is 11.6. The molecule has 2 N–H and O–H groups in total. The SMILES string of the molecule is Cc1nc(NC(=O)OC(C)(C)C)sc1C(C)(C)C(=O)O. The molecule has 1 rings (SSSR count). The second kappa shape index (κ2) is 5.40. The zero-order valence-corrected chi connectivity index (χ0v) is 13.3. The highest BCUT2D eigenvalue weighted by Gasteiger charge is 2.34. The summed E-state index contributed by atoms with van der Waals surface area (Å²) in [6.45, 7) is 10.2. The van der Waals surface area contributed by atoms with E-state index >= 15 is 0 Å². The molecule has 0 aromatic carbocycles. The van der Waals surface area contributed by atoms with Gasteiger partial charge in [0, 0.05) is 4.88 Å². The summed E-state index contributed by atoms with van der Waals surface area (Å²) >= 11 is 1.15. The second-order valence-electron chi connectivity index (χ2n) is 5.99. The lowest BCUT2D eigenvalue weighted by molar-refractivity contribution is -0.142. The largest absolute Gasteiger partial charge is 0.481 e. The number of carboxylic acids is 1. The van der Waals surface area contributed by atoms with Crippen molar-refractivity contribution in [3.05, 3.63) is 10.6 Å². The Morgan fingerprint density at radius 2 is 1.80 bits per heavy atom. The molecule has 1 amide bonds. The number of anilines is 1. The number of carbonyl (C=O) groups excluding carboxylic acids is 1. The van der Waals surface area contributed by atoms with Crippen LogP contribution in [0.1, 0.15) is 45.2 Å². The van der Waals surface area contributed by atoms with Crippen LogP contribution < -0.4 is 5.32 Å². The molecule has 1 aromatic heterocycles. The monoisotopic (exact) mass is 300 g/mol. The van der Waals surface area contributed by atoms with Gasteiger partial charge in [-0.3, -0.25) is 10.1 Å². The fourth-order valence-electron chi connectivity index (χ4n) is 1.52. The fourth-order valence-corrected chi connectivity index (χ4v) is 2.56. The lowest BCUT2D eigenvalue weighted by Crippen LogP contribution is -2.28. The summed E-state index contributed by atoms with van der Waals surface area (Å²) in [4.78, 5) is 27.7. The van der Waals surface area contributed by atoms with Gasteiger partial charge in [0.05, 0.1) is 11.1 Å². The molecular weight excluding hydrogens is 280 g/mol. The summed E-state index contributed by atoms with van der Waals surface area (Å²) in [7, 11) is 0. The normalized spacial score (nSPS) is 12.1. The molecule has 0 radical (unpaired) electrons. The van der Waals surface area contributed by atoms with E-state index in [1.807, 2.05) is 0 Å². The van der Waals surface area contributed by atoms with E-state index in [-0.39, 0.29) is 0 Å². The van der Waals surface area contributed by atoms with Crippen molar-refractivity contribution >= 4 is 28.5 Å². The van der Waals surface area contributed by atoms with Crippen LogP contribution in [0.15, 0.2) is 0 Å². The Bertz CT molecular complexity index is 529. The number of carboxylic acid groups (broad SMARTS) is 1. The minimum atomic E-state index is -1.05. The molecule has 0 saturated heterocycles. The molecule has 6 nitrogen and oxygen atoms in total. The molecule has 112 valence electrons. The third-order valence-corrected chi connectivity index (χ3v) is 3.90. The van der Waals surface area contributed by atoms with Crippen LogP contribution in [0.4, 0.5) is 9.93 Å². The van der Waals surface area contributed by atoms with Crippen molar-refractivity contribution in [1.82, 2.24) is 4.98 Å². The lowest BCUT2D eigenvalue weighted by Gasteiger charge is -2.19. The Balaban J connectivity index is 2.91. The number of hydrogen-bond acceptors (Lipinski definition) is 5. The number of thiazole rings is 1. The van der Waals surface area contributed by atoms with Crippen molar-refractivity contribution in [3.8, 4) is 0 Å². The van der Waals surface area contributed by atoms with Crippen LogP contribution in [0.25, 0.3) is 0 Å². The molecule has 0 aliphatic heterocycles. The second-order valence-corrected chi connectivity index (χ2v) is 6.99. The number of aromatic nitrogens is 1. The van der Waals surface area contributed by atoms with Gasteiger partial charge in [0.15, 0.2) is 5.13 Å². The first-order chi connectivity index (χ1) is 8.93. The average Bonchev–Trinajstić information content (AvgIpc) is 2.56. The van der Waals surface area contributed by atoms with Crippen molar-refractivity contribution in [2.45, 2.75) is 52.6 Å². The zero-order chi connectivity index (χ0) is 15.7. The quantitative estimate of drug-likeness (QED) is 0.895. The van der Waals surface area contributed by atoms with Gasteiger partial charge in [0.25, 0.3) is 0 Å². The summed E-state index contributed by atoms with van der Waals surface area (Å²) in [5.74, 6) is -0.937. The van der Waals surface area contributed by atoms with Crippen LogP contribution in [-0.2, 0) is 14.9 Å². The lowest BCUT2D eigenvalue weighted by atomic mass is 9.91. The van der Waals surface area contributed by atoms with Crippen LogP contribution in [0.3, 0.4) is 0 Å². The van der Waals surface area contributed by atoms with Crippen LogP contribution in [0, 0.1) is 6.92 Å². The van der Waals surface area contributed by atoms with Gasteiger partial charge >= 0.3 is 12.1 Å². The minimum Gasteiger partial charge on any atom is -0.481 e. The van der Waals surface area contributed by atoms with Crippen molar-refractivity contribution < 1.29 is 19.4 Å². The van der Waals surface area contributed by atoms with Crippen molar-refractivity contribution in [1.29, 1.82) is 0 Å². The van der Waals surface area contributed by atoms with Crippen LogP contribution in [-0.4, -0.2) is 27.8 Å². The summed E-state index contributed by atoms with van der Waals surface area (Å²) in [6.07, 6.45) is -0.606. The first kappa shape index (κ1) is 16.4. The topological polar surface area (TPSA) is 88.5 Å². The molecule has 20 heavy (non-hydrogen) atoms. The highest BCUT2D eigenvalue weighted by atomic mass is 32.1. The molecule has 0 bridgehead atoms. The molecule has 7 heteroatoms. The first-order valence-corrected chi connectivity index (χ1v) is 6.96. The van der Waals surface area contributed by atoms with E-state index in [0.29, 0.717) is 15.7 Å². The Kier molecular flexibility index (Phi) is 4.43. The van der Waals surface area contributed by atoms with E-state index in [0.717, 1.165) is 11.3 Å². The Labute approximate surface area is 122 Å². The third-order valence-electron chi connectivity index (χ3n) is 2.51. The highest BCUT2D eigenvalue weighted by Crippen LogP contribution is 2.34. The standard InChI is InChI=1S/C13H20N2O4S/c1-7-8(13(5,6)9(16)17)20-10(14-7)15-11(18)19-12(2,3)4/h1-6H3,(H,16,17)(H,14,15,18). The Morgan fingerprint density at radius 3 is 2.25 bits per heavy atom. The minimum absolute atomic E-state index is 0.334. The van der Waals surface area contributed by atoms with Crippen LogP contribution >= 0.6 is 11.3 Å². The van der Waals surface area contributed by atoms with E-state index in [2.05, 4.69) is 10.3 Å². The molecule has 0 aliphatic rings. The van der Waals surface area contributed by atoms with Gasteiger partial charge in [-0.2, -0.15) is 0 Å². The van der Waals surface area contributed by atoms with Gasteiger partial charge in [-0.15, -0.1) is 11.3 Å². The van der Waals surface area contributed by atoms with E-state index in [1.54, 1.807) is 41.5 Å². The summed E-state index contributed by atoms with van der Waals surface area (Å²) in [5.41, 5.74) is -1.05. The van der Waals surface area contributed by atoms with E-state index < -0.39 is 23.1 Å². The molecule has 0 fully saturated rings. The molecule has 0 atom stereocenters. The summed E-state index contributed by atoms with van der Waals surface area (Å²) in [5, 5.41) is 12.1. The van der Waals surface area contributed by atoms with Gasteiger partial charge in [-0.05, 0) is 41.5 Å². The van der Waals surface area contributed by atoms with Crippen molar-refractivity contribution in [2.24, 2.45) is 0 Å². The Morgan fingerprint density at radius 1 is 1.25 bits per heavy atom. The zero-order valence-electron chi connectivity index (χ0n) is 12.5. The molecular formula is C13H20N2O4S. The number of ether oxygens (including phenoxy) is 1. The number of carbonyl (C=O) groups is 2. The number of rotatable bonds is 3. The smallest absolute Gasteiger partial charge is 0.413 e. The van der Waals surface area contributed by atoms with Crippen molar-refractivity contribution in [3.63, 3.8) is 0 Å². The number of aryl methyl sites for hydroxylation is 1. The number of amides is 1. The number of nitrogens with zero attached hydrogens (tertiary/aromatic N) is 1. The number of aliphatic carboxylic acids is 1. The Hall–Kier alpha value is -1.63. The van der Waals surface area contributed by atoms with Gasteiger partial charge in [0.2, 0.25) is 0 Å². The maximum atomic E-state index is 11.6. The molecule has 0 spiro atoms. The van der Waals surface area contributed by atoms with Gasteiger partial charge < -0.3 is 9.84 Å². The highest BCUT2D eigenvalue weighted by molar-refractivity contribution is 7.16. The maximum Gasteiger partial charge on any atom is 0.413 e. The summed E-state index contributed by atoms with van der Waals surface area (Å²) < 4.78 is 5.12. The van der Waals surface area contributed by atoms with E-state index in [1.165, 1.54) is 0 Å². The van der Waals surface area contributed by atoms with Crippen LogP contribution in [0.2, 0.25) is 0 Å². The molecule has 1 heterocycles. The number of nitrogens with one attached hydrogen (secondary N) is 1. The molecule has 0 saturated carbocycles. The average molecular weight is 300 g/mol. The van der Waals surface area contributed by atoms with E-state index in [9.17, 15) is 14.7 Å². The molecule has 1 aromatic rings. The first-order valence-electron chi connectivity index (χ1n) is 6.15. The predicted molar refractivity (Wildman–Crippen MR) is 77.4 cm³/mol. The van der Waals surface area contributed by atoms with Gasteiger partial charge in [-0.25, -0.2) is 9.78 Å². The van der Waals surface area contributed by atoms with Gasteiger partial charge in [-0.1, -0.05) is 0 Å². The third kappa shape index (κ3) is 3.93. The van der Waals surface area contributed by atoms with Gasteiger partial charge in [0.1, 0.15) is 5.60 Å². The molecule has 0 aliphatic carbocycles. The fraction of sp³-hybridized carbons (Fsp3) is 0.615. The van der Waals surface area contributed by atoms with E-state index in [4.69, 9.17) is 4.74 Å². The van der Waals surface area contributed by atoms with Crippen LogP contribution in [0.5, 0.6) is 0 Å². The predicted octanol–water partition coefficient (Wildman–Crippen LogP) is 3.16.